The zero-order valence-corrected chi connectivity index (χ0v) is 13.4. The van der Waals surface area contributed by atoms with Crippen molar-refractivity contribution in [3.05, 3.63) is 48.0 Å². The maximum absolute atomic E-state index is 12.5. The molecule has 0 aromatic heterocycles. The van der Waals surface area contributed by atoms with Crippen LogP contribution in [0.3, 0.4) is 0 Å². The zero-order chi connectivity index (χ0) is 17.3. The van der Waals surface area contributed by atoms with Gasteiger partial charge in [0.2, 0.25) is 0 Å². The van der Waals surface area contributed by atoms with Crippen LogP contribution in [0.2, 0.25) is 0 Å². The number of carbonyl (C=O) groups excluding carboxylic acids is 1. The van der Waals surface area contributed by atoms with Gasteiger partial charge in [0, 0.05) is 24.7 Å². The molecule has 1 N–H and O–H groups in total. The minimum absolute atomic E-state index is 0.253. The number of amides is 1. The predicted molar refractivity (Wildman–Crippen MR) is 85.5 cm³/mol. The Balaban J connectivity index is 1.56. The van der Waals surface area contributed by atoms with Crippen molar-refractivity contribution < 1.29 is 18.0 Å². The smallest absolute Gasteiger partial charge is 0.350 e. The van der Waals surface area contributed by atoms with Gasteiger partial charge in [-0.1, -0.05) is 6.08 Å². The number of nitrogens with one attached hydrogen (secondary N) is 1. The number of hydrogen-bond acceptors (Lipinski definition) is 2. The van der Waals surface area contributed by atoms with E-state index in [0.29, 0.717) is 24.4 Å². The average Bonchev–Trinajstić information content (AvgIpc) is 2.59. The third-order valence-corrected chi connectivity index (χ3v) is 5.20. The highest BCUT2D eigenvalue weighted by molar-refractivity contribution is 5.94. The minimum Gasteiger partial charge on any atom is -0.350 e. The normalized spacial score (nSPS) is 29.3. The Hall–Kier alpha value is -1.82. The lowest BCUT2D eigenvalue weighted by atomic mass is 9.75. The predicted octanol–water partition coefficient (Wildman–Crippen LogP) is 3.33. The fourth-order valence-corrected chi connectivity index (χ4v) is 3.78. The number of fused-ring (bicyclic) bond motifs is 3. The third kappa shape index (κ3) is 3.48. The summed E-state index contributed by atoms with van der Waals surface area (Å²) in [7, 11) is 0. The molecule has 1 aromatic carbocycles. The monoisotopic (exact) mass is 338 g/mol. The first kappa shape index (κ1) is 17.0. The Morgan fingerprint density at radius 1 is 1.33 bits per heavy atom. The number of carbonyl (C=O) groups is 1. The zero-order valence-electron chi connectivity index (χ0n) is 13.4. The SMILES string of the molecule is C=C[C@H]1CN2CC[C@H]1C[C@@H]2CNC(=O)c1ccc(C(F)(F)F)cc1. The molecule has 0 saturated carbocycles. The van der Waals surface area contributed by atoms with Crippen molar-refractivity contribution in [2.45, 2.75) is 25.1 Å². The standard InChI is InChI=1S/C18H21F3N2O/c1-2-12-11-23-8-7-14(12)9-16(23)10-22-17(24)13-3-5-15(6-4-13)18(19,20)21/h2-6,12,14,16H,1,7-11H2,(H,22,24)/t12-,14-,16+/m0/s1. The summed E-state index contributed by atoms with van der Waals surface area (Å²) < 4.78 is 37.6. The second-order valence-corrected chi connectivity index (χ2v) is 6.62. The molecule has 130 valence electrons. The highest BCUT2D eigenvalue weighted by Crippen LogP contribution is 2.36. The summed E-state index contributed by atoms with van der Waals surface area (Å²) in [6.45, 7) is 6.44. The van der Waals surface area contributed by atoms with E-state index in [-0.39, 0.29) is 11.5 Å². The maximum Gasteiger partial charge on any atom is 0.416 e. The Kier molecular flexibility index (Phi) is 4.67. The van der Waals surface area contributed by atoms with Gasteiger partial charge in [-0.2, -0.15) is 13.2 Å². The van der Waals surface area contributed by atoms with E-state index in [4.69, 9.17) is 0 Å². The molecule has 4 rings (SSSR count). The molecule has 24 heavy (non-hydrogen) atoms. The van der Waals surface area contributed by atoms with Crippen LogP contribution in [0.5, 0.6) is 0 Å². The van der Waals surface area contributed by atoms with Crippen LogP contribution < -0.4 is 5.32 Å². The fourth-order valence-electron chi connectivity index (χ4n) is 3.78. The summed E-state index contributed by atoms with van der Waals surface area (Å²) in [6.07, 6.45) is -0.164. The molecular formula is C18H21F3N2O. The molecule has 3 aliphatic heterocycles. The molecule has 3 heterocycles. The van der Waals surface area contributed by atoms with E-state index >= 15 is 0 Å². The van der Waals surface area contributed by atoms with E-state index in [1.54, 1.807) is 0 Å². The van der Waals surface area contributed by atoms with Crippen molar-refractivity contribution in [3.8, 4) is 0 Å². The van der Waals surface area contributed by atoms with Gasteiger partial charge in [0.05, 0.1) is 5.56 Å². The van der Waals surface area contributed by atoms with Crippen molar-refractivity contribution in [2.75, 3.05) is 19.6 Å². The summed E-state index contributed by atoms with van der Waals surface area (Å²) in [5.74, 6) is 0.827. The largest absolute Gasteiger partial charge is 0.416 e. The molecule has 3 nitrogen and oxygen atoms in total. The summed E-state index contributed by atoms with van der Waals surface area (Å²) in [6, 6.07) is 4.63. The summed E-state index contributed by atoms with van der Waals surface area (Å²) >= 11 is 0. The van der Waals surface area contributed by atoms with Crippen molar-refractivity contribution in [2.24, 2.45) is 11.8 Å². The molecule has 1 unspecified atom stereocenters. The van der Waals surface area contributed by atoms with E-state index in [2.05, 4.69) is 16.8 Å². The van der Waals surface area contributed by atoms with Crippen LogP contribution in [0.4, 0.5) is 13.2 Å². The molecule has 1 aromatic rings. The second-order valence-electron chi connectivity index (χ2n) is 6.62. The van der Waals surface area contributed by atoms with E-state index in [0.717, 1.165) is 31.6 Å². The average molecular weight is 338 g/mol. The van der Waals surface area contributed by atoms with Crippen LogP contribution in [-0.2, 0) is 6.18 Å². The first-order chi connectivity index (χ1) is 11.4. The Bertz CT molecular complexity index is 612. The van der Waals surface area contributed by atoms with Crippen LogP contribution in [0, 0.1) is 11.8 Å². The third-order valence-electron chi connectivity index (χ3n) is 5.20. The van der Waals surface area contributed by atoms with E-state index in [9.17, 15) is 18.0 Å². The van der Waals surface area contributed by atoms with Gasteiger partial charge in [-0.3, -0.25) is 9.69 Å². The van der Waals surface area contributed by atoms with Crippen molar-refractivity contribution in [1.29, 1.82) is 0 Å². The van der Waals surface area contributed by atoms with E-state index in [1.165, 1.54) is 18.6 Å². The van der Waals surface area contributed by atoms with E-state index < -0.39 is 11.7 Å². The van der Waals surface area contributed by atoms with Gasteiger partial charge >= 0.3 is 6.18 Å². The Morgan fingerprint density at radius 2 is 2.04 bits per heavy atom. The van der Waals surface area contributed by atoms with Crippen molar-refractivity contribution >= 4 is 5.91 Å². The molecular weight excluding hydrogens is 317 g/mol. The van der Waals surface area contributed by atoms with Gasteiger partial charge in [0.25, 0.3) is 5.91 Å². The lowest BCUT2D eigenvalue weighted by molar-refractivity contribution is -0.137. The van der Waals surface area contributed by atoms with Gasteiger partial charge in [0.15, 0.2) is 0 Å². The summed E-state index contributed by atoms with van der Waals surface area (Å²) in [5.41, 5.74) is -0.492. The van der Waals surface area contributed by atoms with Crippen LogP contribution in [0.1, 0.15) is 28.8 Å². The molecule has 0 radical (unpaired) electrons. The molecule has 3 aliphatic rings. The second kappa shape index (κ2) is 6.59. The topological polar surface area (TPSA) is 32.3 Å². The van der Waals surface area contributed by atoms with Gasteiger partial charge in [-0.15, -0.1) is 6.58 Å². The highest BCUT2D eigenvalue weighted by atomic mass is 19.4. The number of halogens is 3. The molecule has 2 bridgehead atoms. The number of rotatable bonds is 4. The molecule has 3 fully saturated rings. The fraction of sp³-hybridized carbons (Fsp3) is 0.500. The van der Waals surface area contributed by atoms with Gasteiger partial charge in [-0.25, -0.2) is 0 Å². The number of hydrogen-bond donors (Lipinski definition) is 1. The molecule has 0 aliphatic carbocycles. The quantitative estimate of drug-likeness (QED) is 0.854. The van der Waals surface area contributed by atoms with E-state index in [1.807, 2.05) is 6.08 Å². The molecule has 0 spiro atoms. The van der Waals surface area contributed by atoms with Crippen LogP contribution >= 0.6 is 0 Å². The number of alkyl halides is 3. The maximum atomic E-state index is 12.5. The molecule has 4 atom stereocenters. The first-order valence-electron chi connectivity index (χ1n) is 8.20. The van der Waals surface area contributed by atoms with Crippen LogP contribution in [0.25, 0.3) is 0 Å². The number of benzene rings is 1. The molecule has 3 saturated heterocycles. The Morgan fingerprint density at radius 3 is 2.58 bits per heavy atom. The number of nitrogens with zero attached hydrogens (tertiary/aromatic N) is 1. The van der Waals surface area contributed by atoms with Gasteiger partial charge in [0.1, 0.15) is 0 Å². The molecule has 1 amide bonds. The summed E-state index contributed by atoms with van der Waals surface area (Å²) in [4.78, 5) is 14.5. The van der Waals surface area contributed by atoms with Gasteiger partial charge in [-0.05, 0) is 55.5 Å². The molecule has 6 heteroatoms. The van der Waals surface area contributed by atoms with Crippen molar-refractivity contribution in [3.63, 3.8) is 0 Å². The minimum atomic E-state index is -4.38. The van der Waals surface area contributed by atoms with Crippen LogP contribution in [-0.4, -0.2) is 36.5 Å². The summed E-state index contributed by atoms with van der Waals surface area (Å²) in [5, 5.41) is 2.86. The Labute approximate surface area is 139 Å². The van der Waals surface area contributed by atoms with Gasteiger partial charge < -0.3 is 5.32 Å². The van der Waals surface area contributed by atoms with Crippen molar-refractivity contribution in [1.82, 2.24) is 10.2 Å². The van der Waals surface area contributed by atoms with Crippen LogP contribution in [0.15, 0.2) is 36.9 Å². The highest BCUT2D eigenvalue weighted by Gasteiger charge is 2.38. The lowest BCUT2D eigenvalue weighted by Gasteiger charge is -2.49. The lowest BCUT2D eigenvalue weighted by Crippen LogP contribution is -2.56. The first-order valence-corrected chi connectivity index (χ1v) is 8.20. The number of piperidine rings is 3.